The summed E-state index contributed by atoms with van der Waals surface area (Å²) in [5.41, 5.74) is 0. The van der Waals surface area contributed by atoms with Gasteiger partial charge < -0.3 is 10.2 Å². The minimum atomic E-state index is 0.176. The molecule has 1 saturated heterocycles. The Morgan fingerprint density at radius 1 is 1.40 bits per heavy atom. The van der Waals surface area contributed by atoms with Crippen LogP contribution in [0.1, 0.15) is 6.42 Å². The van der Waals surface area contributed by atoms with Gasteiger partial charge >= 0.3 is 0 Å². The van der Waals surface area contributed by atoms with Gasteiger partial charge in [0.25, 0.3) is 0 Å². The smallest absolute Gasteiger partial charge is 0.241 e. The molecule has 0 amide bonds. The van der Waals surface area contributed by atoms with Crippen LogP contribution in [0.5, 0.6) is 0 Å². The topological polar surface area (TPSA) is 71.8 Å². The van der Waals surface area contributed by atoms with E-state index in [0.29, 0.717) is 17.8 Å². The average molecular weight is 294 g/mol. The van der Waals surface area contributed by atoms with Gasteiger partial charge in [-0.05, 0) is 37.5 Å². The van der Waals surface area contributed by atoms with Gasteiger partial charge in [0.1, 0.15) is 6.33 Å². The third kappa shape index (κ3) is 3.05. The fourth-order valence-corrected chi connectivity index (χ4v) is 2.50. The molecule has 2 aromatic rings. The fourth-order valence-electron chi connectivity index (χ4n) is 2.34. The van der Waals surface area contributed by atoms with Gasteiger partial charge in [-0.15, -0.1) is 0 Å². The first-order valence-electron chi connectivity index (χ1n) is 6.53. The summed E-state index contributed by atoms with van der Waals surface area (Å²) in [6.45, 7) is 3.08. The van der Waals surface area contributed by atoms with Crippen molar-refractivity contribution in [1.82, 2.24) is 29.4 Å². The normalized spacial score (nSPS) is 19.4. The van der Waals surface area contributed by atoms with E-state index in [1.165, 1.54) is 6.42 Å². The highest BCUT2D eigenvalue weighted by molar-refractivity contribution is 6.28. The number of anilines is 1. The maximum atomic E-state index is 5.94. The van der Waals surface area contributed by atoms with Gasteiger partial charge in [-0.2, -0.15) is 15.0 Å². The van der Waals surface area contributed by atoms with Crippen molar-refractivity contribution in [3.63, 3.8) is 0 Å². The highest BCUT2D eigenvalue weighted by Crippen LogP contribution is 2.15. The summed E-state index contributed by atoms with van der Waals surface area (Å²) < 4.78 is 1.70. The lowest BCUT2D eigenvalue weighted by Crippen LogP contribution is -2.20. The lowest BCUT2D eigenvalue weighted by Gasteiger charge is -2.12. The molecule has 3 rings (SSSR count). The van der Waals surface area contributed by atoms with Crippen molar-refractivity contribution in [2.24, 2.45) is 5.92 Å². The number of nitrogens with zero attached hydrogens (tertiary/aromatic N) is 6. The lowest BCUT2D eigenvalue weighted by atomic mass is 10.1. The molecule has 0 spiro atoms. The predicted molar refractivity (Wildman–Crippen MR) is 76.1 cm³/mol. The van der Waals surface area contributed by atoms with Gasteiger partial charge in [-0.25, -0.2) is 4.98 Å². The van der Waals surface area contributed by atoms with Crippen molar-refractivity contribution in [2.45, 2.75) is 6.42 Å². The molecule has 7 nitrogen and oxygen atoms in total. The van der Waals surface area contributed by atoms with E-state index in [-0.39, 0.29) is 5.28 Å². The number of likely N-dealkylation sites (tertiary alicyclic amines) is 1. The van der Waals surface area contributed by atoms with Crippen LogP contribution in [-0.2, 0) is 0 Å². The van der Waals surface area contributed by atoms with Gasteiger partial charge in [-0.1, -0.05) is 0 Å². The Kier molecular flexibility index (Phi) is 3.79. The van der Waals surface area contributed by atoms with Crippen LogP contribution in [-0.4, -0.2) is 56.1 Å². The van der Waals surface area contributed by atoms with E-state index in [4.69, 9.17) is 11.6 Å². The number of aromatic nitrogens is 5. The molecule has 8 heteroatoms. The van der Waals surface area contributed by atoms with E-state index < -0.39 is 0 Å². The van der Waals surface area contributed by atoms with Crippen LogP contribution < -0.4 is 5.32 Å². The molecule has 0 aromatic carbocycles. The molecule has 1 atom stereocenters. The molecule has 1 fully saturated rings. The van der Waals surface area contributed by atoms with E-state index in [2.05, 4.69) is 37.2 Å². The summed E-state index contributed by atoms with van der Waals surface area (Å²) in [5.74, 6) is 1.59. The maximum absolute atomic E-state index is 5.94. The zero-order chi connectivity index (χ0) is 13.9. The Hall–Kier alpha value is -1.73. The first kappa shape index (κ1) is 13.3. The number of hydrogen-bond acceptors (Lipinski definition) is 6. The summed E-state index contributed by atoms with van der Waals surface area (Å²) in [5, 5.41) is 3.42. The van der Waals surface area contributed by atoms with E-state index in [0.717, 1.165) is 19.6 Å². The third-order valence-electron chi connectivity index (χ3n) is 3.37. The third-order valence-corrected chi connectivity index (χ3v) is 3.54. The second-order valence-electron chi connectivity index (χ2n) is 5.00. The van der Waals surface area contributed by atoms with Crippen LogP contribution in [0.25, 0.3) is 5.95 Å². The minimum Gasteiger partial charge on any atom is -0.354 e. The average Bonchev–Trinajstić information content (AvgIpc) is 3.07. The molecule has 0 bridgehead atoms. The number of halogens is 1. The maximum Gasteiger partial charge on any atom is 0.241 e. The first-order chi connectivity index (χ1) is 9.70. The van der Waals surface area contributed by atoms with Crippen LogP contribution in [0.2, 0.25) is 5.28 Å². The Morgan fingerprint density at radius 3 is 3.00 bits per heavy atom. The second kappa shape index (κ2) is 5.72. The monoisotopic (exact) mass is 293 g/mol. The predicted octanol–water partition coefficient (Wildman–Crippen LogP) is 1.07. The molecule has 106 valence electrons. The fraction of sp³-hybridized carbons (Fsp3) is 0.500. The molecule has 0 aliphatic carbocycles. The number of imidazole rings is 1. The van der Waals surface area contributed by atoms with Crippen LogP contribution in [0.4, 0.5) is 5.95 Å². The molecule has 0 radical (unpaired) electrons. The van der Waals surface area contributed by atoms with E-state index in [1.807, 2.05) is 0 Å². The molecule has 2 aromatic heterocycles. The molecular weight excluding hydrogens is 278 g/mol. The Balaban J connectivity index is 1.70. The molecule has 20 heavy (non-hydrogen) atoms. The molecule has 1 aliphatic heterocycles. The number of rotatable bonds is 4. The summed E-state index contributed by atoms with van der Waals surface area (Å²) in [6, 6.07) is 0. The van der Waals surface area contributed by atoms with E-state index in [9.17, 15) is 0 Å². The highest BCUT2D eigenvalue weighted by Gasteiger charge is 2.19. The van der Waals surface area contributed by atoms with Gasteiger partial charge in [-0.3, -0.25) is 4.57 Å². The SMILES string of the molecule is CN1CCC(CNc2nc(Cl)nc(-n3ccnc3)n2)C1. The van der Waals surface area contributed by atoms with Crippen molar-refractivity contribution in [1.29, 1.82) is 0 Å². The molecule has 3 heterocycles. The van der Waals surface area contributed by atoms with E-state index >= 15 is 0 Å². The quantitative estimate of drug-likeness (QED) is 0.909. The number of nitrogens with one attached hydrogen (secondary N) is 1. The van der Waals surface area contributed by atoms with Crippen LogP contribution in [0.15, 0.2) is 18.7 Å². The summed E-state index contributed by atoms with van der Waals surface area (Å²) >= 11 is 5.94. The Labute approximate surface area is 122 Å². The summed E-state index contributed by atoms with van der Waals surface area (Å²) in [4.78, 5) is 18.8. The van der Waals surface area contributed by atoms with Gasteiger partial charge in [0.05, 0.1) is 0 Å². The van der Waals surface area contributed by atoms with Gasteiger partial charge in [0.2, 0.25) is 17.2 Å². The van der Waals surface area contributed by atoms with Crippen LogP contribution in [0.3, 0.4) is 0 Å². The molecular formula is C12H16ClN7. The lowest BCUT2D eigenvalue weighted by molar-refractivity contribution is 0.399. The summed E-state index contributed by atoms with van der Waals surface area (Å²) in [6.07, 6.45) is 6.25. The molecule has 1 N–H and O–H groups in total. The van der Waals surface area contributed by atoms with Gasteiger partial charge in [0, 0.05) is 25.5 Å². The van der Waals surface area contributed by atoms with Crippen molar-refractivity contribution >= 4 is 17.5 Å². The molecule has 1 aliphatic rings. The summed E-state index contributed by atoms with van der Waals surface area (Å²) in [7, 11) is 2.14. The van der Waals surface area contributed by atoms with E-state index in [1.54, 1.807) is 23.3 Å². The second-order valence-corrected chi connectivity index (χ2v) is 5.33. The van der Waals surface area contributed by atoms with Crippen molar-refractivity contribution in [2.75, 3.05) is 32.0 Å². The zero-order valence-corrected chi connectivity index (χ0v) is 12.0. The Morgan fingerprint density at radius 2 is 2.30 bits per heavy atom. The standard InChI is InChI=1S/C12H16ClN7/c1-19-4-2-9(7-19)6-15-11-16-10(13)17-12(18-11)20-5-3-14-8-20/h3,5,8-9H,2,4,6-7H2,1H3,(H,15,16,17,18). The highest BCUT2D eigenvalue weighted by atomic mass is 35.5. The zero-order valence-electron chi connectivity index (χ0n) is 11.2. The van der Waals surface area contributed by atoms with Crippen LogP contribution >= 0.6 is 11.6 Å². The van der Waals surface area contributed by atoms with Crippen LogP contribution in [0, 0.1) is 5.92 Å². The van der Waals surface area contributed by atoms with Crippen molar-refractivity contribution < 1.29 is 0 Å². The largest absolute Gasteiger partial charge is 0.354 e. The minimum absolute atomic E-state index is 0.176. The Bertz CT molecular complexity index is 571. The molecule has 0 saturated carbocycles. The number of hydrogen-bond donors (Lipinski definition) is 1. The van der Waals surface area contributed by atoms with Crippen molar-refractivity contribution in [3.8, 4) is 5.95 Å². The first-order valence-corrected chi connectivity index (χ1v) is 6.91. The van der Waals surface area contributed by atoms with Crippen molar-refractivity contribution in [3.05, 3.63) is 24.0 Å². The molecule has 1 unspecified atom stereocenters. The van der Waals surface area contributed by atoms with Gasteiger partial charge in [0.15, 0.2) is 0 Å².